The van der Waals surface area contributed by atoms with Crippen LogP contribution in [-0.4, -0.2) is 70.1 Å². The summed E-state index contributed by atoms with van der Waals surface area (Å²) in [5, 5.41) is 4.69. The van der Waals surface area contributed by atoms with Crippen molar-refractivity contribution in [1.29, 1.82) is 0 Å². The van der Waals surface area contributed by atoms with Gasteiger partial charge in [0.05, 0.1) is 12.7 Å². The van der Waals surface area contributed by atoms with Gasteiger partial charge in [-0.2, -0.15) is 4.31 Å². The van der Waals surface area contributed by atoms with Crippen LogP contribution in [0.15, 0.2) is 17.5 Å². The number of hydrogen-bond donors (Lipinski definition) is 1. The van der Waals surface area contributed by atoms with Crippen LogP contribution in [0, 0.1) is 0 Å². The number of sulfonamides is 1. The zero-order valence-corrected chi connectivity index (χ0v) is 14.3. The normalized spacial score (nSPS) is 12.0. The van der Waals surface area contributed by atoms with Crippen LogP contribution in [0.3, 0.4) is 0 Å². The van der Waals surface area contributed by atoms with Crippen molar-refractivity contribution in [2.24, 2.45) is 0 Å². The van der Waals surface area contributed by atoms with Gasteiger partial charge in [0.25, 0.3) is 0 Å². The minimum Gasteiger partial charge on any atom is -0.354 e. The van der Waals surface area contributed by atoms with Crippen LogP contribution in [0.25, 0.3) is 0 Å². The maximum Gasteiger partial charge on any atom is 0.225 e. The van der Waals surface area contributed by atoms with Crippen molar-refractivity contribution in [3.63, 3.8) is 0 Å². The lowest BCUT2D eigenvalue weighted by atomic mass is 10.3. The van der Waals surface area contributed by atoms with E-state index in [9.17, 15) is 13.2 Å². The maximum atomic E-state index is 11.7. The summed E-state index contributed by atoms with van der Waals surface area (Å²) in [5.74, 6) is -0.0847. The van der Waals surface area contributed by atoms with Gasteiger partial charge in [-0.05, 0) is 25.5 Å². The van der Waals surface area contributed by atoms with E-state index in [0.29, 0.717) is 32.6 Å². The Bertz CT molecular complexity index is 527. The molecule has 0 saturated heterocycles. The topological polar surface area (TPSA) is 69.7 Å². The minimum atomic E-state index is -3.25. The smallest absolute Gasteiger partial charge is 0.225 e. The van der Waals surface area contributed by atoms with E-state index in [0.717, 1.165) is 4.88 Å². The monoisotopic (exact) mass is 333 g/mol. The zero-order valence-electron chi connectivity index (χ0n) is 12.7. The summed E-state index contributed by atoms with van der Waals surface area (Å²) in [6.45, 7) is 1.69. The average Bonchev–Trinajstić information content (AvgIpc) is 2.84. The van der Waals surface area contributed by atoms with E-state index in [1.807, 2.05) is 36.5 Å². The molecular weight excluding hydrogens is 310 g/mol. The number of carbonyl (C=O) groups excluding carboxylic acids is 1. The summed E-state index contributed by atoms with van der Waals surface area (Å²) >= 11 is 1.53. The summed E-state index contributed by atoms with van der Waals surface area (Å²) < 4.78 is 24.7. The highest BCUT2D eigenvalue weighted by molar-refractivity contribution is 7.88. The number of thiophene rings is 1. The number of rotatable bonds is 9. The third-order valence-corrected chi connectivity index (χ3v) is 5.04. The van der Waals surface area contributed by atoms with Gasteiger partial charge in [0.1, 0.15) is 0 Å². The van der Waals surface area contributed by atoms with E-state index in [-0.39, 0.29) is 5.91 Å². The molecule has 1 aromatic heterocycles. The Kier molecular flexibility index (Phi) is 7.30. The van der Waals surface area contributed by atoms with Crippen molar-refractivity contribution in [2.75, 3.05) is 46.5 Å². The van der Waals surface area contributed by atoms with Crippen molar-refractivity contribution in [3.05, 3.63) is 22.4 Å². The molecule has 0 atom stereocenters. The Morgan fingerprint density at radius 1 is 1.29 bits per heavy atom. The number of amides is 1. The molecular formula is C13H23N3O3S2. The van der Waals surface area contributed by atoms with E-state index < -0.39 is 10.0 Å². The lowest BCUT2D eigenvalue weighted by Gasteiger charge is -2.22. The first kappa shape index (κ1) is 18.1. The van der Waals surface area contributed by atoms with Crippen LogP contribution in [0.1, 0.15) is 4.88 Å². The molecule has 0 aliphatic rings. The number of hydrogen-bond acceptors (Lipinski definition) is 5. The molecule has 21 heavy (non-hydrogen) atoms. The number of carbonyl (C=O) groups is 1. The SMILES string of the molecule is CN(C)CCN(CCNC(=O)Cc1cccs1)S(C)(=O)=O. The Morgan fingerprint density at radius 2 is 2.00 bits per heavy atom. The Balaban J connectivity index is 2.37. The van der Waals surface area contributed by atoms with Crippen LogP contribution in [-0.2, 0) is 21.2 Å². The van der Waals surface area contributed by atoms with Gasteiger partial charge in [0, 0.05) is 31.1 Å². The lowest BCUT2D eigenvalue weighted by molar-refractivity contribution is -0.120. The first-order valence-corrected chi connectivity index (χ1v) is 9.41. The molecule has 0 unspecified atom stereocenters. The number of nitrogens with one attached hydrogen (secondary N) is 1. The Morgan fingerprint density at radius 3 is 2.52 bits per heavy atom. The Labute approximate surface area is 130 Å². The molecule has 0 aromatic carbocycles. The van der Waals surface area contributed by atoms with Gasteiger partial charge in [-0.15, -0.1) is 11.3 Å². The molecule has 6 nitrogen and oxygen atoms in total. The molecule has 1 rings (SSSR count). The van der Waals surface area contributed by atoms with Crippen LogP contribution >= 0.6 is 11.3 Å². The second kappa shape index (κ2) is 8.47. The van der Waals surface area contributed by atoms with Crippen LogP contribution < -0.4 is 5.32 Å². The Hall–Kier alpha value is -0.960. The molecule has 1 heterocycles. The lowest BCUT2D eigenvalue weighted by Crippen LogP contribution is -2.41. The van der Waals surface area contributed by atoms with Gasteiger partial charge in [-0.3, -0.25) is 4.79 Å². The van der Waals surface area contributed by atoms with Crippen LogP contribution in [0.5, 0.6) is 0 Å². The molecule has 0 radical (unpaired) electrons. The molecule has 1 aromatic rings. The molecule has 1 N–H and O–H groups in total. The van der Waals surface area contributed by atoms with E-state index in [4.69, 9.17) is 0 Å². The fourth-order valence-corrected chi connectivity index (χ4v) is 3.25. The van der Waals surface area contributed by atoms with E-state index >= 15 is 0 Å². The highest BCUT2D eigenvalue weighted by Crippen LogP contribution is 2.08. The van der Waals surface area contributed by atoms with Crippen molar-refractivity contribution in [3.8, 4) is 0 Å². The summed E-state index contributed by atoms with van der Waals surface area (Å²) in [7, 11) is 0.533. The second-order valence-corrected chi connectivity index (χ2v) is 8.09. The maximum absolute atomic E-state index is 11.7. The van der Waals surface area contributed by atoms with Crippen LogP contribution in [0.2, 0.25) is 0 Å². The molecule has 0 aliphatic heterocycles. The summed E-state index contributed by atoms with van der Waals surface area (Å²) in [4.78, 5) is 14.7. The van der Waals surface area contributed by atoms with Crippen molar-refractivity contribution in [1.82, 2.24) is 14.5 Å². The van der Waals surface area contributed by atoms with Gasteiger partial charge in [-0.25, -0.2) is 8.42 Å². The quantitative estimate of drug-likeness (QED) is 0.702. The van der Waals surface area contributed by atoms with Crippen molar-refractivity contribution < 1.29 is 13.2 Å². The van der Waals surface area contributed by atoms with E-state index in [1.54, 1.807) is 0 Å². The summed E-state index contributed by atoms with van der Waals surface area (Å²) in [6, 6.07) is 3.81. The first-order chi connectivity index (χ1) is 9.79. The zero-order chi connectivity index (χ0) is 15.9. The second-order valence-electron chi connectivity index (χ2n) is 5.07. The molecule has 0 spiro atoms. The number of likely N-dealkylation sites (N-methyl/N-ethyl adjacent to an activating group) is 1. The molecule has 0 aliphatic carbocycles. The van der Waals surface area contributed by atoms with Gasteiger partial charge in [0.2, 0.25) is 15.9 Å². The third kappa shape index (κ3) is 7.56. The predicted octanol–water partition coefficient (Wildman–Crippen LogP) is 0.230. The molecule has 0 fully saturated rings. The van der Waals surface area contributed by atoms with Gasteiger partial charge in [0.15, 0.2) is 0 Å². The third-order valence-electron chi connectivity index (χ3n) is 2.86. The molecule has 120 valence electrons. The van der Waals surface area contributed by atoms with Crippen LogP contribution in [0.4, 0.5) is 0 Å². The van der Waals surface area contributed by atoms with Gasteiger partial charge < -0.3 is 10.2 Å². The number of nitrogens with zero attached hydrogens (tertiary/aromatic N) is 2. The highest BCUT2D eigenvalue weighted by Gasteiger charge is 2.16. The van der Waals surface area contributed by atoms with E-state index in [1.165, 1.54) is 21.9 Å². The largest absolute Gasteiger partial charge is 0.354 e. The standard InChI is InChI=1S/C13H23N3O3S2/c1-15(2)8-9-16(21(3,18)19)7-6-14-13(17)11-12-5-4-10-20-12/h4-5,10H,6-9,11H2,1-3H3,(H,14,17). The highest BCUT2D eigenvalue weighted by atomic mass is 32.2. The predicted molar refractivity (Wildman–Crippen MR) is 86.0 cm³/mol. The van der Waals surface area contributed by atoms with E-state index in [2.05, 4.69) is 5.32 Å². The summed E-state index contributed by atoms with van der Waals surface area (Å²) in [6.07, 6.45) is 1.53. The molecule has 8 heteroatoms. The fraction of sp³-hybridized carbons (Fsp3) is 0.615. The van der Waals surface area contributed by atoms with Gasteiger partial charge >= 0.3 is 0 Å². The molecule has 1 amide bonds. The fourth-order valence-electron chi connectivity index (χ4n) is 1.71. The first-order valence-electron chi connectivity index (χ1n) is 6.68. The average molecular weight is 333 g/mol. The van der Waals surface area contributed by atoms with Gasteiger partial charge in [-0.1, -0.05) is 6.07 Å². The molecule has 0 bridgehead atoms. The minimum absolute atomic E-state index is 0.0847. The molecule has 0 saturated carbocycles. The summed E-state index contributed by atoms with van der Waals surface area (Å²) in [5.41, 5.74) is 0. The van der Waals surface area contributed by atoms with Crippen molar-refractivity contribution >= 4 is 27.3 Å². The van der Waals surface area contributed by atoms with Crippen molar-refractivity contribution in [2.45, 2.75) is 6.42 Å².